The molecule has 0 spiro atoms. The number of anilines is 1. The molecule has 1 N–H and O–H groups in total. The predicted octanol–water partition coefficient (Wildman–Crippen LogP) is 2.47. The average molecular weight is 307 g/mol. The first-order valence-corrected chi connectivity index (χ1v) is 8.21. The lowest BCUT2D eigenvalue weighted by atomic mass is 10.1. The molecule has 0 heterocycles. The summed E-state index contributed by atoms with van der Waals surface area (Å²) in [5.74, 6) is -1.34. The van der Waals surface area contributed by atoms with E-state index in [1.54, 1.807) is 18.2 Å². The molecule has 2 aromatic rings. The summed E-state index contributed by atoms with van der Waals surface area (Å²) in [6.07, 6.45) is 0. The van der Waals surface area contributed by atoms with E-state index in [1.165, 1.54) is 13.8 Å². The van der Waals surface area contributed by atoms with Crippen molar-refractivity contribution < 1.29 is 18.3 Å². The molecule has 5 nitrogen and oxygen atoms in total. The van der Waals surface area contributed by atoms with Crippen molar-refractivity contribution in [3.05, 3.63) is 42.5 Å². The van der Waals surface area contributed by atoms with E-state index in [0.29, 0.717) is 5.69 Å². The predicted molar refractivity (Wildman–Crippen MR) is 83.0 cm³/mol. The minimum Gasteiger partial charge on any atom is -0.480 e. The summed E-state index contributed by atoms with van der Waals surface area (Å²) in [5, 5.41) is 11.0. The fourth-order valence-corrected chi connectivity index (χ4v) is 3.46. The Morgan fingerprint density at radius 1 is 1.19 bits per heavy atom. The summed E-state index contributed by atoms with van der Waals surface area (Å²) in [6.45, 7) is 2.86. The van der Waals surface area contributed by atoms with Crippen LogP contribution in [0, 0.1) is 0 Å². The highest BCUT2D eigenvalue weighted by Gasteiger charge is 2.30. The van der Waals surface area contributed by atoms with Crippen molar-refractivity contribution in [2.75, 3.05) is 10.1 Å². The molecule has 0 aliphatic heterocycles. The summed E-state index contributed by atoms with van der Waals surface area (Å²) in [5.41, 5.74) is 0.366. The van der Waals surface area contributed by atoms with Crippen LogP contribution in [0.2, 0.25) is 0 Å². The molecular weight excluding hydrogens is 290 g/mol. The zero-order valence-electron chi connectivity index (χ0n) is 11.9. The molecule has 0 fully saturated rings. The molecule has 0 amide bonds. The van der Waals surface area contributed by atoms with Gasteiger partial charge in [0.2, 0.25) is 10.0 Å². The minimum atomic E-state index is -3.67. The number of aliphatic carboxylic acids is 1. The van der Waals surface area contributed by atoms with Crippen LogP contribution < -0.4 is 4.31 Å². The normalized spacial score (nSPS) is 13.0. The highest BCUT2D eigenvalue weighted by Crippen LogP contribution is 2.26. The lowest BCUT2D eigenvalue weighted by molar-refractivity contribution is -0.137. The van der Waals surface area contributed by atoms with Crippen molar-refractivity contribution in [1.29, 1.82) is 0 Å². The van der Waals surface area contributed by atoms with Crippen molar-refractivity contribution in [1.82, 2.24) is 0 Å². The second-order valence-electron chi connectivity index (χ2n) is 4.74. The summed E-state index contributed by atoms with van der Waals surface area (Å²) >= 11 is 0. The van der Waals surface area contributed by atoms with Crippen molar-refractivity contribution in [2.45, 2.75) is 19.9 Å². The van der Waals surface area contributed by atoms with E-state index in [-0.39, 0.29) is 5.75 Å². The Morgan fingerprint density at radius 3 is 2.38 bits per heavy atom. The van der Waals surface area contributed by atoms with Gasteiger partial charge in [-0.05, 0) is 36.8 Å². The zero-order valence-corrected chi connectivity index (χ0v) is 12.7. The summed E-state index contributed by atoms with van der Waals surface area (Å²) in [6, 6.07) is 11.5. The maximum atomic E-state index is 12.2. The quantitative estimate of drug-likeness (QED) is 0.921. The van der Waals surface area contributed by atoms with Crippen LogP contribution in [-0.4, -0.2) is 31.3 Å². The molecule has 1 atom stereocenters. The number of benzene rings is 2. The van der Waals surface area contributed by atoms with Gasteiger partial charge in [-0.3, -0.25) is 4.31 Å². The summed E-state index contributed by atoms with van der Waals surface area (Å²) < 4.78 is 25.5. The van der Waals surface area contributed by atoms with Crippen LogP contribution in [0.5, 0.6) is 0 Å². The third-order valence-electron chi connectivity index (χ3n) is 3.36. The smallest absolute Gasteiger partial charge is 0.327 e. The molecule has 112 valence electrons. The van der Waals surface area contributed by atoms with Crippen LogP contribution in [0.25, 0.3) is 10.8 Å². The van der Waals surface area contributed by atoms with Gasteiger partial charge in [0.05, 0.1) is 11.4 Å². The molecule has 0 aliphatic rings. The maximum absolute atomic E-state index is 12.2. The first kappa shape index (κ1) is 15.3. The van der Waals surface area contributed by atoms with E-state index >= 15 is 0 Å². The number of sulfonamides is 1. The highest BCUT2D eigenvalue weighted by molar-refractivity contribution is 7.92. The number of rotatable bonds is 5. The number of carboxylic acid groups (broad SMARTS) is 1. The molecule has 6 heteroatoms. The van der Waals surface area contributed by atoms with Gasteiger partial charge >= 0.3 is 5.97 Å². The molecule has 21 heavy (non-hydrogen) atoms. The Bertz CT molecular complexity index is 770. The Labute approximate surface area is 123 Å². The van der Waals surface area contributed by atoms with E-state index in [1.807, 2.05) is 24.3 Å². The Hall–Kier alpha value is -2.08. The van der Waals surface area contributed by atoms with Crippen LogP contribution in [0.15, 0.2) is 42.5 Å². The number of hydrogen-bond acceptors (Lipinski definition) is 3. The molecule has 0 saturated heterocycles. The van der Waals surface area contributed by atoms with E-state index in [9.17, 15) is 18.3 Å². The Balaban J connectivity index is 2.61. The van der Waals surface area contributed by atoms with Gasteiger partial charge in [0, 0.05) is 0 Å². The van der Waals surface area contributed by atoms with Gasteiger partial charge in [-0.1, -0.05) is 30.3 Å². The number of fused-ring (bicyclic) bond motifs is 1. The van der Waals surface area contributed by atoms with E-state index in [2.05, 4.69) is 0 Å². The Morgan fingerprint density at radius 2 is 1.81 bits per heavy atom. The minimum absolute atomic E-state index is 0.155. The molecule has 1 unspecified atom stereocenters. The second-order valence-corrected chi connectivity index (χ2v) is 6.88. The van der Waals surface area contributed by atoms with Crippen LogP contribution in [-0.2, 0) is 14.8 Å². The van der Waals surface area contributed by atoms with Crippen LogP contribution in [0.1, 0.15) is 13.8 Å². The number of carbonyl (C=O) groups is 1. The molecule has 0 aliphatic carbocycles. The summed E-state index contributed by atoms with van der Waals surface area (Å²) in [7, 11) is -3.67. The van der Waals surface area contributed by atoms with E-state index in [4.69, 9.17) is 0 Å². The molecule has 0 saturated carbocycles. The highest BCUT2D eigenvalue weighted by atomic mass is 32.2. The van der Waals surface area contributed by atoms with Gasteiger partial charge in [0.1, 0.15) is 6.04 Å². The van der Waals surface area contributed by atoms with Gasteiger partial charge in [0.15, 0.2) is 0 Å². The van der Waals surface area contributed by atoms with Gasteiger partial charge in [-0.2, -0.15) is 0 Å². The standard InChI is InChI=1S/C15H17NO4S/c1-3-21(19,20)16(11(2)15(17)18)14-9-8-12-6-4-5-7-13(12)10-14/h4-11H,3H2,1-2H3,(H,17,18). The molecule has 2 rings (SSSR count). The molecule has 2 aromatic carbocycles. The topological polar surface area (TPSA) is 74.7 Å². The third-order valence-corrected chi connectivity index (χ3v) is 5.22. The van der Waals surface area contributed by atoms with Gasteiger partial charge in [-0.25, -0.2) is 13.2 Å². The van der Waals surface area contributed by atoms with Crippen molar-refractivity contribution in [3.8, 4) is 0 Å². The van der Waals surface area contributed by atoms with Gasteiger partial charge in [0.25, 0.3) is 0 Å². The number of carboxylic acids is 1. The fourth-order valence-electron chi connectivity index (χ4n) is 2.18. The lowest BCUT2D eigenvalue weighted by Crippen LogP contribution is -2.44. The van der Waals surface area contributed by atoms with E-state index < -0.39 is 22.0 Å². The third kappa shape index (κ3) is 3.00. The monoisotopic (exact) mass is 307 g/mol. The maximum Gasteiger partial charge on any atom is 0.327 e. The first-order chi connectivity index (χ1) is 9.86. The van der Waals surface area contributed by atoms with Crippen LogP contribution in [0.3, 0.4) is 0 Å². The molecule has 0 bridgehead atoms. The van der Waals surface area contributed by atoms with Crippen molar-refractivity contribution >= 4 is 32.5 Å². The molecular formula is C15H17NO4S. The second kappa shape index (κ2) is 5.73. The van der Waals surface area contributed by atoms with Crippen molar-refractivity contribution in [2.24, 2.45) is 0 Å². The molecule has 0 radical (unpaired) electrons. The van der Waals surface area contributed by atoms with Crippen LogP contribution in [0.4, 0.5) is 5.69 Å². The summed E-state index contributed by atoms with van der Waals surface area (Å²) in [4.78, 5) is 11.2. The Kier molecular flexibility index (Phi) is 4.18. The van der Waals surface area contributed by atoms with Gasteiger partial charge < -0.3 is 5.11 Å². The average Bonchev–Trinajstić information content (AvgIpc) is 2.47. The largest absolute Gasteiger partial charge is 0.480 e. The van der Waals surface area contributed by atoms with E-state index in [0.717, 1.165) is 15.1 Å². The SMILES string of the molecule is CCS(=O)(=O)N(c1ccc2ccccc2c1)C(C)C(=O)O. The van der Waals surface area contributed by atoms with Gasteiger partial charge in [-0.15, -0.1) is 0 Å². The molecule has 0 aromatic heterocycles. The van der Waals surface area contributed by atoms with Crippen molar-refractivity contribution in [3.63, 3.8) is 0 Å². The number of hydrogen-bond donors (Lipinski definition) is 1. The zero-order chi connectivity index (χ0) is 15.6. The number of nitrogens with zero attached hydrogens (tertiary/aromatic N) is 1. The first-order valence-electron chi connectivity index (χ1n) is 6.60. The lowest BCUT2D eigenvalue weighted by Gasteiger charge is -2.27. The fraction of sp³-hybridized carbons (Fsp3) is 0.267. The van der Waals surface area contributed by atoms with Crippen LogP contribution >= 0.6 is 0 Å².